The molecule has 0 atom stereocenters. The number of piperidine rings is 1. The lowest BCUT2D eigenvalue weighted by atomic mass is 9.93. The fourth-order valence-corrected chi connectivity index (χ4v) is 3.46. The molecule has 21 heavy (non-hydrogen) atoms. The topological polar surface area (TPSA) is 37.4 Å². The van der Waals surface area contributed by atoms with E-state index >= 15 is 0 Å². The molecule has 1 saturated heterocycles. The third-order valence-electron chi connectivity index (χ3n) is 4.81. The summed E-state index contributed by atoms with van der Waals surface area (Å²) in [7, 11) is 1.82. The molecule has 2 heterocycles. The van der Waals surface area contributed by atoms with Crippen molar-refractivity contribution in [2.24, 2.45) is 0 Å². The van der Waals surface area contributed by atoms with Gasteiger partial charge in [-0.1, -0.05) is 0 Å². The number of rotatable bonds is 4. The van der Waals surface area contributed by atoms with Gasteiger partial charge in [0.15, 0.2) is 0 Å². The number of ether oxygens (including phenoxy) is 1. The summed E-state index contributed by atoms with van der Waals surface area (Å²) in [5.74, 6) is 1.13. The monoisotopic (exact) mass is 289 g/mol. The van der Waals surface area contributed by atoms with E-state index in [2.05, 4.69) is 27.3 Å². The highest BCUT2D eigenvalue weighted by Crippen LogP contribution is 2.24. The molecule has 1 saturated carbocycles. The first-order valence-corrected chi connectivity index (χ1v) is 8.35. The molecule has 2 aliphatic rings. The second kappa shape index (κ2) is 7.12. The van der Waals surface area contributed by atoms with Crippen molar-refractivity contribution < 1.29 is 4.74 Å². The van der Waals surface area contributed by atoms with E-state index in [1.165, 1.54) is 32.1 Å². The zero-order valence-electron chi connectivity index (χ0n) is 13.1. The molecule has 0 radical (unpaired) electrons. The number of hydrogen-bond donors (Lipinski definition) is 1. The molecule has 1 aliphatic heterocycles. The minimum atomic E-state index is 0.461. The van der Waals surface area contributed by atoms with Gasteiger partial charge in [0.05, 0.1) is 18.0 Å². The zero-order chi connectivity index (χ0) is 14.5. The molecule has 1 N–H and O–H groups in total. The molecule has 0 amide bonds. The summed E-state index contributed by atoms with van der Waals surface area (Å²) in [5, 5.41) is 3.62. The molecular formula is C17H27N3O. The van der Waals surface area contributed by atoms with Crippen LogP contribution in [-0.2, 0) is 4.74 Å². The summed E-state index contributed by atoms with van der Waals surface area (Å²) in [4.78, 5) is 7.04. The standard InChI is InChI=1S/C17H27N3O/c1-21-16-8-5-14(6-9-16)19-15-7-10-17(18-13-15)20-11-3-2-4-12-20/h7,10,13-14,16,19H,2-6,8-9,11-12H2,1H3. The van der Waals surface area contributed by atoms with Crippen molar-refractivity contribution in [3.05, 3.63) is 18.3 Å². The molecule has 4 nitrogen and oxygen atoms in total. The van der Waals surface area contributed by atoms with Gasteiger partial charge in [0.25, 0.3) is 0 Å². The summed E-state index contributed by atoms with van der Waals surface area (Å²) in [6.07, 6.45) is 11.1. The van der Waals surface area contributed by atoms with E-state index in [1.54, 1.807) is 0 Å². The first-order chi connectivity index (χ1) is 10.3. The maximum atomic E-state index is 5.43. The van der Waals surface area contributed by atoms with E-state index in [0.717, 1.165) is 37.4 Å². The molecule has 0 unspecified atom stereocenters. The minimum absolute atomic E-state index is 0.461. The van der Waals surface area contributed by atoms with Gasteiger partial charge in [-0.3, -0.25) is 0 Å². The van der Waals surface area contributed by atoms with Crippen molar-refractivity contribution >= 4 is 11.5 Å². The van der Waals surface area contributed by atoms with Crippen LogP contribution >= 0.6 is 0 Å². The molecule has 3 rings (SSSR count). The SMILES string of the molecule is COC1CCC(Nc2ccc(N3CCCCC3)nc2)CC1. The largest absolute Gasteiger partial charge is 0.381 e. The lowest BCUT2D eigenvalue weighted by Gasteiger charge is -2.29. The Hall–Kier alpha value is -1.29. The smallest absolute Gasteiger partial charge is 0.128 e. The number of aromatic nitrogens is 1. The van der Waals surface area contributed by atoms with Crippen LogP contribution < -0.4 is 10.2 Å². The van der Waals surface area contributed by atoms with E-state index in [0.29, 0.717) is 12.1 Å². The van der Waals surface area contributed by atoms with E-state index in [1.807, 2.05) is 13.3 Å². The Kier molecular flexibility index (Phi) is 4.96. The highest BCUT2D eigenvalue weighted by Gasteiger charge is 2.20. The van der Waals surface area contributed by atoms with Crippen molar-refractivity contribution in [1.29, 1.82) is 0 Å². The van der Waals surface area contributed by atoms with Crippen LogP contribution in [0.1, 0.15) is 44.9 Å². The number of nitrogens with zero attached hydrogens (tertiary/aromatic N) is 2. The molecule has 1 aromatic rings. The van der Waals surface area contributed by atoms with Gasteiger partial charge in [-0.15, -0.1) is 0 Å². The number of nitrogens with one attached hydrogen (secondary N) is 1. The summed E-state index contributed by atoms with van der Waals surface area (Å²) in [6, 6.07) is 4.91. The minimum Gasteiger partial charge on any atom is -0.381 e. The highest BCUT2D eigenvalue weighted by atomic mass is 16.5. The quantitative estimate of drug-likeness (QED) is 0.921. The molecule has 1 aliphatic carbocycles. The number of methoxy groups -OCH3 is 1. The highest BCUT2D eigenvalue weighted by molar-refractivity contribution is 5.49. The zero-order valence-corrected chi connectivity index (χ0v) is 13.1. The van der Waals surface area contributed by atoms with Gasteiger partial charge in [-0.2, -0.15) is 0 Å². The van der Waals surface area contributed by atoms with Gasteiger partial charge in [-0.25, -0.2) is 4.98 Å². The second-order valence-electron chi connectivity index (χ2n) is 6.31. The average Bonchev–Trinajstić information content (AvgIpc) is 2.57. The predicted octanol–water partition coefficient (Wildman–Crippen LogP) is 3.44. The Morgan fingerprint density at radius 1 is 1.10 bits per heavy atom. The molecule has 0 aromatic carbocycles. The maximum absolute atomic E-state index is 5.43. The van der Waals surface area contributed by atoms with Crippen molar-refractivity contribution in [1.82, 2.24) is 4.98 Å². The van der Waals surface area contributed by atoms with Crippen molar-refractivity contribution in [3.8, 4) is 0 Å². The first kappa shape index (κ1) is 14.6. The Morgan fingerprint density at radius 2 is 1.86 bits per heavy atom. The normalized spacial score (nSPS) is 26.6. The molecule has 1 aromatic heterocycles. The Morgan fingerprint density at radius 3 is 2.48 bits per heavy atom. The van der Waals surface area contributed by atoms with Crippen molar-refractivity contribution in [3.63, 3.8) is 0 Å². The second-order valence-corrected chi connectivity index (χ2v) is 6.31. The van der Waals surface area contributed by atoms with E-state index in [-0.39, 0.29) is 0 Å². The van der Waals surface area contributed by atoms with Crippen LogP contribution in [0.3, 0.4) is 0 Å². The third-order valence-corrected chi connectivity index (χ3v) is 4.81. The molecule has 116 valence electrons. The Balaban J connectivity index is 1.52. The molecule has 2 fully saturated rings. The summed E-state index contributed by atoms with van der Waals surface area (Å²) >= 11 is 0. The van der Waals surface area contributed by atoms with Crippen molar-refractivity contribution in [2.45, 2.75) is 57.1 Å². The van der Waals surface area contributed by atoms with Crippen LogP contribution in [0.5, 0.6) is 0 Å². The summed E-state index contributed by atoms with van der Waals surface area (Å²) in [5.41, 5.74) is 1.15. The van der Waals surface area contributed by atoms with Crippen LogP contribution in [0, 0.1) is 0 Å². The Labute approximate surface area is 127 Å². The lowest BCUT2D eigenvalue weighted by molar-refractivity contribution is 0.0682. The Bertz CT molecular complexity index is 420. The van der Waals surface area contributed by atoms with Crippen LogP contribution in [-0.4, -0.2) is 37.3 Å². The van der Waals surface area contributed by atoms with E-state index in [4.69, 9.17) is 4.74 Å². The fourth-order valence-electron chi connectivity index (χ4n) is 3.46. The lowest BCUT2D eigenvalue weighted by Crippen LogP contribution is -2.30. The van der Waals surface area contributed by atoms with Crippen LogP contribution in [0.2, 0.25) is 0 Å². The van der Waals surface area contributed by atoms with Gasteiger partial charge in [-0.05, 0) is 57.1 Å². The van der Waals surface area contributed by atoms with Gasteiger partial charge in [0.1, 0.15) is 5.82 Å². The van der Waals surface area contributed by atoms with Crippen LogP contribution in [0.15, 0.2) is 18.3 Å². The fraction of sp³-hybridized carbons (Fsp3) is 0.706. The van der Waals surface area contributed by atoms with Crippen LogP contribution in [0.25, 0.3) is 0 Å². The third kappa shape index (κ3) is 3.88. The molecule has 0 spiro atoms. The van der Waals surface area contributed by atoms with Gasteiger partial charge in [0.2, 0.25) is 0 Å². The summed E-state index contributed by atoms with van der Waals surface area (Å²) in [6.45, 7) is 2.31. The molecule has 4 heteroatoms. The number of pyridine rings is 1. The predicted molar refractivity (Wildman–Crippen MR) is 87.0 cm³/mol. The number of hydrogen-bond acceptors (Lipinski definition) is 4. The van der Waals surface area contributed by atoms with Gasteiger partial charge >= 0.3 is 0 Å². The van der Waals surface area contributed by atoms with Crippen molar-refractivity contribution in [2.75, 3.05) is 30.4 Å². The molecule has 0 bridgehead atoms. The van der Waals surface area contributed by atoms with E-state index in [9.17, 15) is 0 Å². The average molecular weight is 289 g/mol. The summed E-state index contributed by atoms with van der Waals surface area (Å²) < 4.78 is 5.43. The van der Waals surface area contributed by atoms with E-state index < -0.39 is 0 Å². The molecular weight excluding hydrogens is 262 g/mol. The van der Waals surface area contributed by atoms with Gasteiger partial charge in [0, 0.05) is 26.2 Å². The van der Waals surface area contributed by atoms with Crippen LogP contribution in [0.4, 0.5) is 11.5 Å². The maximum Gasteiger partial charge on any atom is 0.128 e. The first-order valence-electron chi connectivity index (χ1n) is 8.35. The number of anilines is 2. The van der Waals surface area contributed by atoms with Gasteiger partial charge < -0.3 is 15.0 Å².